The van der Waals surface area contributed by atoms with Crippen LogP contribution in [0.25, 0.3) is 0 Å². The van der Waals surface area contributed by atoms with Crippen molar-refractivity contribution in [3.05, 3.63) is 59.4 Å². The summed E-state index contributed by atoms with van der Waals surface area (Å²) in [5.74, 6) is -1.92. The minimum atomic E-state index is -3.97. The van der Waals surface area contributed by atoms with Crippen LogP contribution in [0, 0.1) is 12.7 Å². The van der Waals surface area contributed by atoms with Gasteiger partial charge >= 0.3 is 5.97 Å². The van der Waals surface area contributed by atoms with Crippen molar-refractivity contribution < 1.29 is 27.1 Å². The minimum Gasteiger partial charge on any atom is -0.462 e. The van der Waals surface area contributed by atoms with Crippen LogP contribution in [0.2, 0.25) is 0 Å². The van der Waals surface area contributed by atoms with E-state index in [9.17, 15) is 22.4 Å². The Bertz CT molecular complexity index is 1040. The van der Waals surface area contributed by atoms with Crippen molar-refractivity contribution >= 4 is 33.3 Å². The number of nitrogens with one attached hydrogen (secondary N) is 1. The molecule has 2 aromatic rings. The zero-order valence-corrected chi connectivity index (χ0v) is 18.1. The van der Waals surface area contributed by atoms with E-state index in [1.165, 1.54) is 18.2 Å². The summed E-state index contributed by atoms with van der Waals surface area (Å²) in [4.78, 5) is 25.1. The molecule has 0 radical (unpaired) electrons. The summed E-state index contributed by atoms with van der Waals surface area (Å²) in [6, 6.07) is 8.92. The molecule has 162 valence electrons. The summed E-state index contributed by atoms with van der Waals surface area (Å²) in [6.07, 6.45) is 1.02. The number of hydrogen-bond acceptors (Lipinski definition) is 5. The molecule has 9 heteroatoms. The first-order valence-corrected chi connectivity index (χ1v) is 11.3. The first kappa shape index (κ1) is 23.3. The first-order valence-electron chi connectivity index (χ1n) is 9.43. The maximum absolute atomic E-state index is 14.3. The number of esters is 1. The van der Waals surface area contributed by atoms with Crippen LogP contribution in [-0.4, -0.2) is 39.2 Å². The topological polar surface area (TPSA) is 92.8 Å². The predicted octanol–water partition coefficient (Wildman–Crippen LogP) is 3.49. The summed E-state index contributed by atoms with van der Waals surface area (Å²) >= 11 is 0. The number of anilines is 2. The fourth-order valence-electron chi connectivity index (χ4n) is 3.08. The van der Waals surface area contributed by atoms with Gasteiger partial charge in [-0.1, -0.05) is 25.1 Å². The number of halogens is 1. The lowest BCUT2D eigenvalue weighted by atomic mass is 10.1. The summed E-state index contributed by atoms with van der Waals surface area (Å²) < 4.78 is 45.0. The minimum absolute atomic E-state index is 0.101. The Morgan fingerprint density at radius 3 is 2.37 bits per heavy atom. The van der Waals surface area contributed by atoms with Gasteiger partial charge in [-0.05, 0) is 50.1 Å². The van der Waals surface area contributed by atoms with Crippen molar-refractivity contribution in [2.24, 2.45) is 0 Å². The van der Waals surface area contributed by atoms with Crippen molar-refractivity contribution in [1.29, 1.82) is 0 Å². The molecular formula is C21H25FN2O5S. The standard InChI is InChI=1S/C21H25FN2O5S/c1-5-18(24(30(4,27)28)19-13-8-7-11-16(19)22)20(25)23-17-12-9-10-15(14(17)3)21(26)29-6-2/h7-13,18H,5-6H2,1-4H3,(H,23,25)/t18-/m1/s1. The van der Waals surface area contributed by atoms with Gasteiger partial charge in [0.1, 0.15) is 11.9 Å². The Labute approximate surface area is 175 Å². The maximum atomic E-state index is 14.3. The van der Waals surface area contributed by atoms with Crippen LogP contribution >= 0.6 is 0 Å². The van der Waals surface area contributed by atoms with E-state index in [0.29, 0.717) is 11.3 Å². The molecule has 0 bridgehead atoms. The van der Waals surface area contributed by atoms with E-state index in [-0.39, 0.29) is 24.3 Å². The second-order valence-electron chi connectivity index (χ2n) is 6.62. The van der Waals surface area contributed by atoms with Gasteiger partial charge in [-0.3, -0.25) is 9.10 Å². The molecule has 0 fully saturated rings. The first-order chi connectivity index (χ1) is 14.1. The second kappa shape index (κ2) is 9.71. The number of carbonyl (C=O) groups is 2. The molecule has 30 heavy (non-hydrogen) atoms. The van der Waals surface area contributed by atoms with Crippen LogP contribution in [0.5, 0.6) is 0 Å². The van der Waals surface area contributed by atoms with Gasteiger partial charge in [-0.2, -0.15) is 0 Å². The molecule has 0 heterocycles. The highest BCUT2D eigenvalue weighted by atomic mass is 32.2. The molecule has 0 saturated carbocycles. The van der Waals surface area contributed by atoms with Crippen LogP contribution in [-0.2, 0) is 19.6 Å². The molecule has 0 aliphatic rings. The summed E-state index contributed by atoms with van der Waals surface area (Å²) in [5, 5.41) is 2.67. The third kappa shape index (κ3) is 5.15. The van der Waals surface area contributed by atoms with Gasteiger partial charge in [0.2, 0.25) is 15.9 Å². The molecule has 2 aromatic carbocycles. The van der Waals surface area contributed by atoms with Crippen LogP contribution < -0.4 is 9.62 Å². The zero-order chi connectivity index (χ0) is 22.5. The fourth-order valence-corrected chi connectivity index (χ4v) is 4.30. The molecule has 1 amide bonds. The van der Waals surface area contributed by atoms with E-state index in [1.807, 2.05) is 0 Å². The lowest BCUT2D eigenvalue weighted by Crippen LogP contribution is -2.47. The molecule has 0 aliphatic carbocycles. The van der Waals surface area contributed by atoms with E-state index < -0.39 is 33.8 Å². The number of amides is 1. The molecule has 1 N–H and O–H groups in total. The number of rotatable bonds is 8. The second-order valence-corrected chi connectivity index (χ2v) is 8.48. The summed E-state index contributed by atoms with van der Waals surface area (Å²) in [7, 11) is -3.97. The molecular weight excluding hydrogens is 411 g/mol. The van der Waals surface area contributed by atoms with E-state index in [1.54, 1.807) is 39.0 Å². The van der Waals surface area contributed by atoms with Gasteiger partial charge < -0.3 is 10.1 Å². The highest BCUT2D eigenvalue weighted by Crippen LogP contribution is 2.27. The van der Waals surface area contributed by atoms with Crippen LogP contribution in [0.4, 0.5) is 15.8 Å². The number of ether oxygens (including phenoxy) is 1. The fraction of sp³-hybridized carbons (Fsp3) is 0.333. The number of nitrogens with zero attached hydrogens (tertiary/aromatic N) is 1. The number of hydrogen-bond donors (Lipinski definition) is 1. The smallest absolute Gasteiger partial charge is 0.338 e. The summed E-state index contributed by atoms with van der Waals surface area (Å²) in [6.45, 7) is 5.17. The predicted molar refractivity (Wildman–Crippen MR) is 114 cm³/mol. The van der Waals surface area contributed by atoms with Gasteiger partial charge in [-0.25, -0.2) is 17.6 Å². The molecule has 1 atom stereocenters. The van der Waals surface area contributed by atoms with E-state index in [4.69, 9.17) is 4.74 Å². The molecule has 0 unspecified atom stereocenters. The van der Waals surface area contributed by atoms with Gasteiger partial charge in [-0.15, -0.1) is 0 Å². The van der Waals surface area contributed by atoms with E-state index in [2.05, 4.69) is 5.32 Å². The van der Waals surface area contributed by atoms with E-state index >= 15 is 0 Å². The van der Waals surface area contributed by atoms with Gasteiger partial charge in [0, 0.05) is 5.69 Å². The number of sulfonamides is 1. The SMILES string of the molecule is CCOC(=O)c1cccc(NC(=O)[C@@H](CC)N(c2ccccc2F)S(C)(=O)=O)c1C. The number of carbonyl (C=O) groups excluding carboxylic acids is 2. The van der Waals surface area contributed by atoms with Crippen molar-refractivity contribution in [2.45, 2.75) is 33.2 Å². The van der Waals surface area contributed by atoms with Crippen molar-refractivity contribution in [2.75, 3.05) is 22.5 Å². The number of benzene rings is 2. The molecule has 0 spiro atoms. The zero-order valence-electron chi connectivity index (χ0n) is 17.3. The quantitative estimate of drug-likeness (QED) is 0.640. The Kier molecular flexibility index (Phi) is 7.55. The number of para-hydroxylation sites is 1. The van der Waals surface area contributed by atoms with Crippen LogP contribution in [0.3, 0.4) is 0 Å². The van der Waals surface area contributed by atoms with Gasteiger partial charge in [0.05, 0.1) is 24.1 Å². The van der Waals surface area contributed by atoms with Crippen molar-refractivity contribution in [1.82, 2.24) is 0 Å². The lowest BCUT2D eigenvalue weighted by molar-refractivity contribution is -0.117. The largest absolute Gasteiger partial charge is 0.462 e. The van der Waals surface area contributed by atoms with Crippen LogP contribution in [0.1, 0.15) is 36.2 Å². The Morgan fingerprint density at radius 2 is 1.80 bits per heavy atom. The molecule has 7 nitrogen and oxygen atoms in total. The Balaban J connectivity index is 2.42. The van der Waals surface area contributed by atoms with E-state index in [0.717, 1.165) is 16.6 Å². The molecule has 0 saturated heterocycles. The lowest BCUT2D eigenvalue weighted by Gasteiger charge is -2.30. The average Bonchev–Trinajstić information content (AvgIpc) is 2.67. The molecule has 0 aromatic heterocycles. The van der Waals surface area contributed by atoms with Gasteiger partial charge in [0.25, 0.3) is 0 Å². The summed E-state index contributed by atoms with van der Waals surface area (Å²) in [5.41, 5.74) is 0.901. The monoisotopic (exact) mass is 436 g/mol. The van der Waals surface area contributed by atoms with Gasteiger partial charge in [0.15, 0.2) is 0 Å². The highest BCUT2D eigenvalue weighted by Gasteiger charge is 2.33. The third-order valence-corrected chi connectivity index (χ3v) is 5.67. The molecule has 0 aliphatic heterocycles. The maximum Gasteiger partial charge on any atom is 0.338 e. The Morgan fingerprint density at radius 1 is 1.13 bits per heavy atom. The Hall–Kier alpha value is -2.94. The van der Waals surface area contributed by atoms with Crippen molar-refractivity contribution in [3.63, 3.8) is 0 Å². The highest BCUT2D eigenvalue weighted by molar-refractivity contribution is 7.92. The third-order valence-electron chi connectivity index (χ3n) is 4.51. The van der Waals surface area contributed by atoms with Crippen LogP contribution in [0.15, 0.2) is 42.5 Å². The molecule has 2 rings (SSSR count). The normalized spacial score (nSPS) is 12.2. The van der Waals surface area contributed by atoms with Crippen molar-refractivity contribution in [3.8, 4) is 0 Å². The average molecular weight is 437 g/mol.